The second kappa shape index (κ2) is 6.86. The van der Waals surface area contributed by atoms with Crippen LogP contribution in [0.5, 0.6) is 0 Å². The van der Waals surface area contributed by atoms with Crippen LogP contribution in [0.3, 0.4) is 0 Å². The third-order valence-electron chi connectivity index (χ3n) is 3.36. The van der Waals surface area contributed by atoms with Gasteiger partial charge >= 0.3 is 5.97 Å². The first-order valence-electron chi connectivity index (χ1n) is 6.42. The van der Waals surface area contributed by atoms with Gasteiger partial charge in [0, 0.05) is 42.0 Å². The van der Waals surface area contributed by atoms with Crippen LogP contribution in [0.25, 0.3) is 0 Å². The summed E-state index contributed by atoms with van der Waals surface area (Å²) in [5, 5.41) is 19.8. The van der Waals surface area contributed by atoms with Crippen LogP contribution < -0.4 is 0 Å². The van der Waals surface area contributed by atoms with E-state index in [0.717, 1.165) is 25.2 Å². The fraction of sp³-hybridized carbons (Fsp3) is 0.500. The molecule has 2 heterocycles. The zero-order valence-electron chi connectivity index (χ0n) is 11.4. The Balaban J connectivity index is 1.96. The minimum absolute atomic E-state index is 0.135. The number of carboxylic acids is 1. The van der Waals surface area contributed by atoms with E-state index in [2.05, 4.69) is 16.7 Å². The molecule has 1 fully saturated rings. The van der Waals surface area contributed by atoms with E-state index in [9.17, 15) is 9.90 Å². The van der Waals surface area contributed by atoms with Crippen molar-refractivity contribution in [3.05, 3.63) is 21.9 Å². The first-order chi connectivity index (χ1) is 9.60. The van der Waals surface area contributed by atoms with Crippen LogP contribution >= 0.6 is 11.3 Å². The van der Waals surface area contributed by atoms with Crippen LogP contribution in [-0.2, 0) is 11.3 Å². The van der Waals surface area contributed by atoms with E-state index in [4.69, 9.17) is 5.11 Å². The zero-order chi connectivity index (χ0) is 14.5. The molecule has 1 atom stereocenters. The van der Waals surface area contributed by atoms with E-state index in [-0.39, 0.29) is 6.61 Å². The third-order valence-corrected chi connectivity index (χ3v) is 4.28. The number of thiophene rings is 1. The predicted octanol–water partition coefficient (Wildman–Crippen LogP) is 0.292. The van der Waals surface area contributed by atoms with Crippen LogP contribution in [0.2, 0.25) is 0 Å². The minimum atomic E-state index is -0.766. The Hall–Kier alpha value is -1.39. The second-order valence-electron chi connectivity index (χ2n) is 4.83. The van der Waals surface area contributed by atoms with E-state index in [1.165, 1.54) is 4.88 Å². The Morgan fingerprint density at radius 3 is 3.05 bits per heavy atom. The number of rotatable bonds is 3. The van der Waals surface area contributed by atoms with Crippen molar-refractivity contribution in [1.29, 1.82) is 0 Å². The number of piperazine rings is 1. The number of hydrogen-bond acceptors (Lipinski definition) is 5. The Morgan fingerprint density at radius 2 is 2.35 bits per heavy atom. The summed E-state index contributed by atoms with van der Waals surface area (Å²) in [6, 6.07) is 1.57. The molecule has 1 aliphatic rings. The van der Waals surface area contributed by atoms with Crippen LogP contribution in [-0.4, -0.2) is 65.3 Å². The summed E-state index contributed by atoms with van der Waals surface area (Å²) >= 11 is 1.62. The molecule has 0 saturated carbocycles. The molecule has 0 spiro atoms. The molecular weight excluding hydrogens is 276 g/mol. The lowest BCUT2D eigenvalue weighted by molar-refractivity contribution is -0.145. The highest BCUT2D eigenvalue weighted by Gasteiger charge is 2.29. The molecule has 5 nitrogen and oxygen atoms in total. The summed E-state index contributed by atoms with van der Waals surface area (Å²) in [7, 11) is 1.85. The van der Waals surface area contributed by atoms with E-state index in [0.29, 0.717) is 6.54 Å². The largest absolute Gasteiger partial charge is 0.480 e. The molecule has 0 amide bonds. The lowest BCUT2D eigenvalue weighted by Crippen LogP contribution is -2.54. The first-order valence-corrected chi connectivity index (χ1v) is 7.30. The van der Waals surface area contributed by atoms with E-state index in [1.807, 2.05) is 23.4 Å². The Labute approximate surface area is 122 Å². The van der Waals surface area contributed by atoms with Crippen LogP contribution in [0, 0.1) is 11.8 Å². The molecule has 0 radical (unpaired) electrons. The predicted molar refractivity (Wildman–Crippen MR) is 77.6 cm³/mol. The smallest absolute Gasteiger partial charge is 0.322 e. The van der Waals surface area contributed by atoms with Crippen molar-refractivity contribution >= 4 is 17.3 Å². The summed E-state index contributed by atoms with van der Waals surface area (Å²) in [6.07, 6.45) is 0. The number of aliphatic hydroxyl groups excluding tert-OH is 1. The van der Waals surface area contributed by atoms with Gasteiger partial charge in [-0.1, -0.05) is 11.8 Å². The summed E-state index contributed by atoms with van der Waals surface area (Å²) in [5.41, 5.74) is 0.906. The molecule has 0 unspecified atom stereocenters. The van der Waals surface area contributed by atoms with Crippen LogP contribution in [0.1, 0.15) is 10.4 Å². The van der Waals surface area contributed by atoms with Gasteiger partial charge in [0.15, 0.2) is 0 Å². The van der Waals surface area contributed by atoms with Gasteiger partial charge < -0.3 is 10.2 Å². The van der Waals surface area contributed by atoms with E-state index < -0.39 is 12.0 Å². The standard InChI is InChI=1S/C14H18N2O3S/c1-15-4-5-16(9-13(15)14(18)19)8-12-7-11(10-20-12)3-2-6-17/h7,10,13,17H,4-6,8-9H2,1H3,(H,18,19)/t13-/m0/s1. The molecule has 1 aromatic heterocycles. The van der Waals surface area contributed by atoms with Gasteiger partial charge in [0.1, 0.15) is 12.6 Å². The van der Waals surface area contributed by atoms with Gasteiger partial charge in [-0.2, -0.15) is 0 Å². The highest BCUT2D eigenvalue weighted by Crippen LogP contribution is 2.18. The molecule has 0 aromatic carbocycles. The van der Waals surface area contributed by atoms with Crippen molar-refractivity contribution in [3.63, 3.8) is 0 Å². The molecule has 0 bridgehead atoms. The Morgan fingerprint density at radius 1 is 1.55 bits per heavy atom. The minimum Gasteiger partial charge on any atom is -0.480 e. The van der Waals surface area contributed by atoms with Gasteiger partial charge in [-0.15, -0.1) is 11.3 Å². The van der Waals surface area contributed by atoms with Gasteiger partial charge in [-0.05, 0) is 13.1 Å². The van der Waals surface area contributed by atoms with Crippen LogP contribution in [0.15, 0.2) is 11.4 Å². The normalized spacial score (nSPS) is 20.4. The van der Waals surface area contributed by atoms with Gasteiger partial charge in [0.25, 0.3) is 0 Å². The SMILES string of the molecule is CN1CCN(Cc2cc(C#CCO)cs2)C[C@H]1C(=O)O. The monoisotopic (exact) mass is 294 g/mol. The maximum Gasteiger partial charge on any atom is 0.322 e. The van der Waals surface area contributed by atoms with Crippen molar-refractivity contribution in [2.75, 3.05) is 33.3 Å². The molecule has 1 aromatic rings. The van der Waals surface area contributed by atoms with Gasteiger partial charge in [-0.25, -0.2) is 0 Å². The van der Waals surface area contributed by atoms with Gasteiger partial charge in [-0.3, -0.25) is 14.6 Å². The van der Waals surface area contributed by atoms with Gasteiger partial charge in [0.05, 0.1) is 0 Å². The van der Waals surface area contributed by atoms with E-state index in [1.54, 1.807) is 11.3 Å². The Kier molecular flexibility index (Phi) is 5.15. The fourth-order valence-electron chi connectivity index (χ4n) is 2.23. The summed E-state index contributed by atoms with van der Waals surface area (Å²) in [6.45, 7) is 2.80. The number of carboxylic acid groups (broad SMARTS) is 1. The lowest BCUT2D eigenvalue weighted by atomic mass is 10.2. The van der Waals surface area contributed by atoms with Crippen LogP contribution in [0.4, 0.5) is 0 Å². The first kappa shape index (κ1) is 15.0. The molecular formula is C14H18N2O3S. The number of carbonyl (C=O) groups is 1. The van der Waals surface area contributed by atoms with Crippen molar-refractivity contribution in [2.24, 2.45) is 0 Å². The van der Waals surface area contributed by atoms with Crippen molar-refractivity contribution < 1.29 is 15.0 Å². The number of nitrogens with zero attached hydrogens (tertiary/aromatic N) is 2. The van der Waals surface area contributed by atoms with Gasteiger partial charge in [0.2, 0.25) is 0 Å². The van der Waals surface area contributed by atoms with Crippen molar-refractivity contribution in [3.8, 4) is 11.8 Å². The quantitative estimate of drug-likeness (QED) is 0.785. The lowest BCUT2D eigenvalue weighted by Gasteiger charge is -2.36. The Bertz CT molecular complexity index is 532. The number of aliphatic carboxylic acids is 1. The molecule has 1 saturated heterocycles. The summed E-state index contributed by atoms with van der Waals surface area (Å²) < 4.78 is 0. The average molecular weight is 294 g/mol. The number of likely N-dealkylation sites (N-methyl/N-ethyl adjacent to an activating group) is 1. The maximum atomic E-state index is 11.2. The molecule has 2 rings (SSSR count). The number of hydrogen-bond donors (Lipinski definition) is 2. The molecule has 108 valence electrons. The molecule has 6 heteroatoms. The highest BCUT2D eigenvalue weighted by atomic mass is 32.1. The number of aliphatic hydroxyl groups is 1. The molecule has 20 heavy (non-hydrogen) atoms. The second-order valence-corrected chi connectivity index (χ2v) is 5.83. The maximum absolute atomic E-state index is 11.2. The fourth-order valence-corrected chi connectivity index (χ4v) is 3.09. The topological polar surface area (TPSA) is 64.0 Å². The zero-order valence-corrected chi connectivity index (χ0v) is 12.2. The van der Waals surface area contributed by atoms with Crippen molar-refractivity contribution in [1.82, 2.24) is 9.80 Å². The molecule has 0 aliphatic carbocycles. The summed E-state index contributed by atoms with van der Waals surface area (Å²) in [5.74, 6) is 4.73. The summed E-state index contributed by atoms with van der Waals surface area (Å²) in [4.78, 5) is 16.4. The average Bonchev–Trinajstić information content (AvgIpc) is 2.86. The highest BCUT2D eigenvalue weighted by molar-refractivity contribution is 7.10. The molecule has 1 aliphatic heterocycles. The third kappa shape index (κ3) is 3.81. The van der Waals surface area contributed by atoms with Crippen molar-refractivity contribution in [2.45, 2.75) is 12.6 Å². The van der Waals surface area contributed by atoms with E-state index >= 15 is 0 Å². The molecule has 2 N–H and O–H groups in total.